The average Bonchev–Trinajstić information content (AvgIpc) is 2.35. The van der Waals surface area contributed by atoms with Crippen LogP contribution in [-0.2, 0) is 13.6 Å². The van der Waals surface area contributed by atoms with Crippen molar-refractivity contribution in [1.29, 1.82) is 0 Å². The molecule has 0 heterocycles. The molecule has 3 N–H and O–H groups in total. The lowest BCUT2D eigenvalue weighted by molar-refractivity contribution is 0.204. The van der Waals surface area contributed by atoms with Gasteiger partial charge in [0, 0.05) is 14.2 Å². The number of unbranched alkanes of at least 4 members (excludes halogenated alkanes) is 3. The van der Waals surface area contributed by atoms with Gasteiger partial charge < -0.3 is 10.6 Å². The third kappa shape index (κ3) is 16.1. The Balaban J connectivity index is 0. The topological polar surface area (TPSA) is 81.8 Å². The van der Waals surface area contributed by atoms with Gasteiger partial charge in [0.05, 0.1) is 0 Å². The van der Waals surface area contributed by atoms with Crippen molar-refractivity contribution in [2.75, 3.05) is 20.8 Å². The highest BCUT2D eigenvalue weighted by molar-refractivity contribution is 7.47. The SMILES string of the molecule is CCCCCCC(C)CN.COP(=O)(O)OC. The first kappa shape index (κ1) is 19.4. The molecule has 0 bridgehead atoms. The Labute approximate surface area is 105 Å². The summed E-state index contributed by atoms with van der Waals surface area (Å²) in [4.78, 5) is 8.24. The molecule has 1 unspecified atom stereocenters. The maximum atomic E-state index is 10.1. The first-order valence-corrected chi connectivity index (χ1v) is 7.57. The number of hydrogen-bond acceptors (Lipinski definition) is 4. The Hall–Kier alpha value is 0.0700. The fourth-order valence-electron chi connectivity index (χ4n) is 1.11. The van der Waals surface area contributed by atoms with Crippen LogP contribution in [0.1, 0.15) is 46.0 Å². The average molecular weight is 269 g/mol. The van der Waals surface area contributed by atoms with Gasteiger partial charge in [0.25, 0.3) is 0 Å². The maximum Gasteiger partial charge on any atom is 0.471 e. The molecule has 0 aromatic rings. The van der Waals surface area contributed by atoms with Crippen LogP contribution in [0.3, 0.4) is 0 Å². The van der Waals surface area contributed by atoms with Gasteiger partial charge in [-0.05, 0) is 18.9 Å². The zero-order valence-electron chi connectivity index (χ0n) is 11.5. The molecule has 0 fully saturated rings. The van der Waals surface area contributed by atoms with Crippen LogP contribution in [0.4, 0.5) is 0 Å². The summed E-state index contributed by atoms with van der Waals surface area (Å²) in [5.74, 6) is 0.733. The smallest absolute Gasteiger partial charge is 0.330 e. The molecule has 0 saturated carbocycles. The summed E-state index contributed by atoms with van der Waals surface area (Å²) in [7, 11) is -1.45. The minimum absolute atomic E-state index is 0.733. The van der Waals surface area contributed by atoms with Crippen LogP contribution in [0.25, 0.3) is 0 Å². The van der Waals surface area contributed by atoms with Gasteiger partial charge >= 0.3 is 7.82 Å². The highest BCUT2D eigenvalue weighted by Crippen LogP contribution is 2.40. The molecule has 17 heavy (non-hydrogen) atoms. The third-order valence-electron chi connectivity index (χ3n) is 2.41. The van der Waals surface area contributed by atoms with Crippen molar-refractivity contribution in [3.8, 4) is 0 Å². The fourth-order valence-corrected chi connectivity index (χ4v) is 1.26. The van der Waals surface area contributed by atoms with E-state index in [1.54, 1.807) is 0 Å². The zero-order chi connectivity index (χ0) is 13.7. The van der Waals surface area contributed by atoms with Gasteiger partial charge in [0.2, 0.25) is 0 Å². The Morgan fingerprint density at radius 2 is 1.76 bits per heavy atom. The molecular weight excluding hydrogens is 241 g/mol. The Kier molecular flexibility index (Phi) is 14.3. The van der Waals surface area contributed by atoms with Gasteiger partial charge in [-0.1, -0.05) is 39.5 Å². The van der Waals surface area contributed by atoms with Crippen molar-refractivity contribution in [1.82, 2.24) is 0 Å². The van der Waals surface area contributed by atoms with E-state index in [1.807, 2.05) is 0 Å². The first-order valence-electron chi connectivity index (χ1n) is 6.07. The molecule has 0 aliphatic carbocycles. The molecule has 0 aliphatic heterocycles. The predicted octanol–water partition coefficient (Wildman–Crippen LogP) is 2.93. The van der Waals surface area contributed by atoms with Crippen LogP contribution in [0.15, 0.2) is 0 Å². The van der Waals surface area contributed by atoms with Crippen molar-refractivity contribution in [2.24, 2.45) is 11.7 Å². The fraction of sp³-hybridized carbons (Fsp3) is 1.00. The minimum atomic E-state index is -3.65. The Bertz CT molecular complexity index is 194. The minimum Gasteiger partial charge on any atom is -0.330 e. The second-order valence-electron chi connectivity index (χ2n) is 4.02. The number of phosphoric acid groups is 1. The molecule has 0 saturated heterocycles. The summed E-state index contributed by atoms with van der Waals surface area (Å²) in [5, 5.41) is 0. The number of phosphoric ester groups is 1. The first-order chi connectivity index (χ1) is 7.93. The van der Waals surface area contributed by atoms with Crippen molar-refractivity contribution >= 4 is 7.82 Å². The van der Waals surface area contributed by atoms with E-state index in [0.717, 1.165) is 26.7 Å². The molecular formula is C11H28NO4P. The van der Waals surface area contributed by atoms with E-state index in [0.29, 0.717) is 0 Å². The Morgan fingerprint density at radius 1 is 1.24 bits per heavy atom. The van der Waals surface area contributed by atoms with Gasteiger partial charge in [-0.2, -0.15) is 0 Å². The van der Waals surface area contributed by atoms with Gasteiger partial charge in [0.15, 0.2) is 0 Å². The normalized spacial score (nSPS) is 12.8. The molecule has 0 rings (SSSR count). The van der Waals surface area contributed by atoms with E-state index in [4.69, 9.17) is 10.6 Å². The van der Waals surface area contributed by atoms with E-state index in [9.17, 15) is 4.57 Å². The van der Waals surface area contributed by atoms with E-state index < -0.39 is 7.82 Å². The predicted molar refractivity (Wildman–Crippen MR) is 70.8 cm³/mol. The molecule has 0 radical (unpaired) electrons. The molecule has 0 aromatic carbocycles. The van der Waals surface area contributed by atoms with Crippen LogP contribution in [0, 0.1) is 5.92 Å². The van der Waals surface area contributed by atoms with Crippen LogP contribution < -0.4 is 5.73 Å². The highest BCUT2D eigenvalue weighted by Gasteiger charge is 2.13. The number of nitrogens with two attached hydrogens (primary N) is 1. The standard InChI is InChI=1S/C9H21N.C2H7O4P/c1-3-4-5-6-7-9(2)8-10;1-5-7(3,4)6-2/h9H,3-8,10H2,1-2H3;1-2H3,(H,3,4). The quantitative estimate of drug-likeness (QED) is 0.523. The second-order valence-corrected chi connectivity index (χ2v) is 5.69. The summed E-state index contributed by atoms with van der Waals surface area (Å²) in [6.07, 6.45) is 6.79. The molecule has 106 valence electrons. The number of hydrogen-bond donors (Lipinski definition) is 2. The Morgan fingerprint density at radius 3 is 2.06 bits per heavy atom. The highest BCUT2D eigenvalue weighted by atomic mass is 31.2. The largest absolute Gasteiger partial charge is 0.471 e. The van der Waals surface area contributed by atoms with Crippen molar-refractivity contribution in [3.05, 3.63) is 0 Å². The van der Waals surface area contributed by atoms with Gasteiger partial charge in [-0.15, -0.1) is 0 Å². The van der Waals surface area contributed by atoms with Gasteiger partial charge in [-0.25, -0.2) is 4.57 Å². The molecule has 6 heteroatoms. The van der Waals surface area contributed by atoms with Gasteiger partial charge in [-0.3, -0.25) is 9.05 Å². The van der Waals surface area contributed by atoms with Crippen molar-refractivity contribution in [3.63, 3.8) is 0 Å². The molecule has 5 nitrogen and oxygen atoms in total. The monoisotopic (exact) mass is 269 g/mol. The van der Waals surface area contributed by atoms with Crippen molar-refractivity contribution < 1.29 is 18.5 Å². The molecule has 0 aliphatic rings. The molecule has 0 aromatic heterocycles. The summed E-state index contributed by atoms with van der Waals surface area (Å²) in [6.45, 7) is 5.32. The maximum absolute atomic E-state index is 10.1. The lowest BCUT2D eigenvalue weighted by Gasteiger charge is -2.06. The summed E-state index contributed by atoms with van der Waals surface area (Å²) < 4.78 is 18.0. The number of rotatable bonds is 8. The molecule has 0 amide bonds. The van der Waals surface area contributed by atoms with Crippen LogP contribution >= 0.6 is 7.82 Å². The van der Waals surface area contributed by atoms with E-state index in [-0.39, 0.29) is 0 Å². The van der Waals surface area contributed by atoms with Crippen LogP contribution in [-0.4, -0.2) is 25.7 Å². The molecule has 1 atom stereocenters. The van der Waals surface area contributed by atoms with E-state index >= 15 is 0 Å². The second kappa shape index (κ2) is 12.5. The lowest BCUT2D eigenvalue weighted by atomic mass is 10.0. The van der Waals surface area contributed by atoms with Crippen LogP contribution in [0.2, 0.25) is 0 Å². The zero-order valence-corrected chi connectivity index (χ0v) is 12.4. The lowest BCUT2D eigenvalue weighted by Crippen LogP contribution is -2.10. The molecule has 0 spiro atoms. The van der Waals surface area contributed by atoms with Gasteiger partial charge in [0.1, 0.15) is 0 Å². The summed E-state index contributed by atoms with van der Waals surface area (Å²) in [5.41, 5.74) is 5.49. The van der Waals surface area contributed by atoms with E-state index in [1.165, 1.54) is 32.1 Å². The van der Waals surface area contributed by atoms with Crippen molar-refractivity contribution in [2.45, 2.75) is 46.0 Å². The summed E-state index contributed by atoms with van der Waals surface area (Å²) in [6, 6.07) is 0. The van der Waals surface area contributed by atoms with E-state index in [2.05, 4.69) is 22.9 Å². The van der Waals surface area contributed by atoms with Crippen LogP contribution in [0.5, 0.6) is 0 Å². The third-order valence-corrected chi connectivity index (χ3v) is 3.34. The summed E-state index contributed by atoms with van der Waals surface area (Å²) >= 11 is 0.